The molecule has 1 amide bonds. The van der Waals surface area contributed by atoms with Gasteiger partial charge in [0.05, 0.1) is 11.8 Å². The Morgan fingerprint density at radius 1 is 1.26 bits per heavy atom. The number of likely N-dealkylation sites (N-methyl/N-ethyl adjacent to an activating group) is 1. The topological polar surface area (TPSA) is 33.5 Å². The average Bonchev–Trinajstić information content (AvgIpc) is 2.86. The van der Waals surface area contributed by atoms with Gasteiger partial charge in [-0.15, -0.1) is 0 Å². The molecular weight excluding hydrogens is 262 g/mol. The molecule has 0 aliphatic rings. The van der Waals surface area contributed by atoms with Crippen LogP contribution in [0.1, 0.15) is 22.8 Å². The summed E-state index contributed by atoms with van der Waals surface area (Å²) in [4.78, 5) is 14.0. The molecule has 0 saturated carbocycles. The van der Waals surface area contributed by atoms with Gasteiger partial charge in [0.15, 0.2) is 0 Å². The molecule has 0 saturated heterocycles. The summed E-state index contributed by atoms with van der Waals surface area (Å²) in [6, 6.07) is 11.7. The van der Waals surface area contributed by atoms with Crippen LogP contribution in [0.25, 0.3) is 0 Å². The second kappa shape index (κ2) is 6.43. The van der Waals surface area contributed by atoms with Crippen molar-refractivity contribution in [2.45, 2.75) is 13.3 Å². The van der Waals surface area contributed by atoms with E-state index in [1.807, 2.05) is 25.1 Å². The first-order valence-corrected chi connectivity index (χ1v) is 6.66. The van der Waals surface area contributed by atoms with Crippen molar-refractivity contribution in [3.05, 3.63) is 59.0 Å². The standard InChI is InChI=1S/C15H16ClNO2/c1-2-17(10-8-12-6-4-3-5-7-12)15(18)13-9-11-19-14(13)16/h3-7,9,11H,2,8,10H2,1H3. The van der Waals surface area contributed by atoms with Gasteiger partial charge in [0, 0.05) is 13.1 Å². The monoisotopic (exact) mass is 277 g/mol. The summed E-state index contributed by atoms with van der Waals surface area (Å²) in [7, 11) is 0. The Morgan fingerprint density at radius 2 is 2.00 bits per heavy atom. The number of nitrogens with zero attached hydrogens (tertiary/aromatic N) is 1. The number of hydrogen-bond donors (Lipinski definition) is 0. The number of amides is 1. The minimum absolute atomic E-state index is 0.0859. The molecule has 0 N–H and O–H groups in total. The fraction of sp³-hybridized carbons (Fsp3) is 0.267. The van der Waals surface area contributed by atoms with Crippen LogP contribution in [-0.2, 0) is 6.42 Å². The van der Waals surface area contributed by atoms with Crippen molar-refractivity contribution in [3.8, 4) is 0 Å². The number of halogens is 1. The lowest BCUT2D eigenvalue weighted by molar-refractivity contribution is 0.0765. The van der Waals surface area contributed by atoms with Crippen LogP contribution in [0, 0.1) is 0 Å². The second-order valence-corrected chi connectivity index (χ2v) is 4.57. The first kappa shape index (κ1) is 13.7. The number of carbonyl (C=O) groups is 1. The summed E-state index contributed by atoms with van der Waals surface area (Å²) in [5.74, 6) is -0.0859. The molecule has 0 unspecified atom stereocenters. The molecule has 2 rings (SSSR count). The van der Waals surface area contributed by atoms with Gasteiger partial charge in [-0.3, -0.25) is 4.79 Å². The number of rotatable bonds is 5. The molecule has 0 aliphatic carbocycles. The molecule has 19 heavy (non-hydrogen) atoms. The van der Waals surface area contributed by atoms with Crippen LogP contribution >= 0.6 is 11.6 Å². The summed E-state index contributed by atoms with van der Waals surface area (Å²) in [6.45, 7) is 3.27. The van der Waals surface area contributed by atoms with Crippen molar-refractivity contribution >= 4 is 17.5 Å². The van der Waals surface area contributed by atoms with Crippen LogP contribution in [0.2, 0.25) is 5.22 Å². The van der Waals surface area contributed by atoms with Crippen LogP contribution in [0.15, 0.2) is 47.1 Å². The van der Waals surface area contributed by atoms with E-state index in [9.17, 15) is 4.79 Å². The molecular formula is C15H16ClNO2. The van der Waals surface area contributed by atoms with E-state index >= 15 is 0 Å². The second-order valence-electron chi connectivity index (χ2n) is 4.23. The Morgan fingerprint density at radius 3 is 2.58 bits per heavy atom. The van der Waals surface area contributed by atoms with Crippen molar-refractivity contribution in [2.24, 2.45) is 0 Å². The molecule has 100 valence electrons. The third kappa shape index (κ3) is 3.38. The normalized spacial score (nSPS) is 10.4. The molecule has 4 heteroatoms. The van der Waals surface area contributed by atoms with E-state index in [2.05, 4.69) is 12.1 Å². The Balaban J connectivity index is 2.01. The van der Waals surface area contributed by atoms with Crippen LogP contribution in [-0.4, -0.2) is 23.9 Å². The van der Waals surface area contributed by atoms with E-state index in [0.717, 1.165) is 6.42 Å². The molecule has 1 aromatic carbocycles. The lowest BCUT2D eigenvalue weighted by Gasteiger charge is -2.20. The zero-order valence-electron chi connectivity index (χ0n) is 10.8. The van der Waals surface area contributed by atoms with Crippen molar-refractivity contribution in [1.82, 2.24) is 4.90 Å². The zero-order valence-corrected chi connectivity index (χ0v) is 11.6. The predicted octanol–water partition coefficient (Wildman–Crippen LogP) is 3.64. The van der Waals surface area contributed by atoms with Gasteiger partial charge in [-0.25, -0.2) is 0 Å². The molecule has 0 spiro atoms. The molecule has 0 fully saturated rings. The van der Waals surface area contributed by atoms with Gasteiger partial charge in [0.25, 0.3) is 5.91 Å². The lowest BCUT2D eigenvalue weighted by atomic mass is 10.1. The van der Waals surface area contributed by atoms with Gasteiger partial charge in [0.1, 0.15) is 0 Å². The highest BCUT2D eigenvalue weighted by Gasteiger charge is 2.18. The van der Waals surface area contributed by atoms with Gasteiger partial charge >= 0.3 is 0 Å². The minimum atomic E-state index is -0.0859. The van der Waals surface area contributed by atoms with E-state index in [-0.39, 0.29) is 11.1 Å². The summed E-state index contributed by atoms with van der Waals surface area (Å²) < 4.78 is 4.96. The number of benzene rings is 1. The van der Waals surface area contributed by atoms with Gasteiger partial charge in [0.2, 0.25) is 5.22 Å². The van der Waals surface area contributed by atoms with Gasteiger partial charge in [-0.05, 0) is 36.6 Å². The van der Waals surface area contributed by atoms with Crippen LogP contribution in [0.3, 0.4) is 0 Å². The maximum absolute atomic E-state index is 12.3. The zero-order chi connectivity index (χ0) is 13.7. The van der Waals surface area contributed by atoms with Gasteiger partial charge < -0.3 is 9.32 Å². The molecule has 0 radical (unpaired) electrons. The first-order valence-electron chi connectivity index (χ1n) is 6.28. The third-order valence-electron chi connectivity index (χ3n) is 3.03. The highest BCUT2D eigenvalue weighted by atomic mass is 35.5. The summed E-state index contributed by atoms with van der Waals surface area (Å²) in [5.41, 5.74) is 1.64. The molecule has 3 nitrogen and oxygen atoms in total. The van der Waals surface area contributed by atoms with Crippen molar-refractivity contribution in [3.63, 3.8) is 0 Å². The first-order chi connectivity index (χ1) is 9.22. The van der Waals surface area contributed by atoms with Crippen molar-refractivity contribution < 1.29 is 9.21 Å². The van der Waals surface area contributed by atoms with Crippen molar-refractivity contribution in [2.75, 3.05) is 13.1 Å². The Kier molecular flexibility index (Phi) is 4.63. The van der Waals surface area contributed by atoms with Gasteiger partial charge in [-0.2, -0.15) is 0 Å². The molecule has 2 aromatic rings. The Bertz CT molecular complexity index is 536. The number of hydrogen-bond acceptors (Lipinski definition) is 2. The molecule has 0 aliphatic heterocycles. The smallest absolute Gasteiger partial charge is 0.258 e. The molecule has 1 aromatic heterocycles. The van der Waals surface area contributed by atoms with Crippen molar-refractivity contribution in [1.29, 1.82) is 0 Å². The van der Waals surface area contributed by atoms with E-state index < -0.39 is 0 Å². The summed E-state index contributed by atoms with van der Waals surface area (Å²) in [5, 5.41) is 0.156. The Hall–Kier alpha value is -1.74. The quantitative estimate of drug-likeness (QED) is 0.836. The van der Waals surface area contributed by atoms with E-state index in [1.165, 1.54) is 11.8 Å². The Labute approximate surface area is 117 Å². The van der Waals surface area contributed by atoms with Crippen LogP contribution in [0.4, 0.5) is 0 Å². The maximum Gasteiger partial charge on any atom is 0.258 e. The SMILES string of the molecule is CCN(CCc1ccccc1)C(=O)c1ccoc1Cl. The number of carbonyl (C=O) groups excluding carboxylic acids is 1. The number of furan rings is 1. The van der Waals surface area contributed by atoms with E-state index in [1.54, 1.807) is 11.0 Å². The van der Waals surface area contributed by atoms with Crippen LogP contribution < -0.4 is 0 Å². The summed E-state index contributed by atoms with van der Waals surface area (Å²) in [6.07, 6.45) is 2.26. The minimum Gasteiger partial charge on any atom is -0.452 e. The largest absolute Gasteiger partial charge is 0.452 e. The molecule has 0 atom stereocenters. The summed E-state index contributed by atoms with van der Waals surface area (Å²) >= 11 is 5.84. The lowest BCUT2D eigenvalue weighted by Crippen LogP contribution is -2.32. The maximum atomic E-state index is 12.3. The highest BCUT2D eigenvalue weighted by molar-refractivity contribution is 6.32. The van der Waals surface area contributed by atoms with E-state index in [0.29, 0.717) is 18.7 Å². The molecule has 0 bridgehead atoms. The fourth-order valence-electron chi connectivity index (χ4n) is 1.93. The van der Waals surface area contributed by atoms with E-state index in [4.69, 9.17) is 16.0 Å². The predicted molar refractivity (Wildman–Crippen MR) is 75.4 cm³/mol. The average molecular weight is 278 g/mol. The molecule has 1 heterocycles. The van der Waals surface area contributed by atoms with Crippen LogP contribution in [0.5, 0.6) is 0 Å². The highest BCUT2D eigenvalue weighted by Crippen LogP contribution is 2.18. The fourth-order valence-corrected chi connectivity index (χ4v) is 2.12. The van der Waals surface area contributed by atoms with Gasteiger partial charge in [-0.1, -0.05) is 30.3 Å². The third-order valence-corrected chi connectivity index (χ3v) is 3.32.